The molecule has 1 aromatic heterocycles. The Morgan fingerprint density at radius 2 is 2.33 bits per heavy atom. The molecule has 0 aliphatic carbocycles. The number of anilines is 1. The molecule has 0 aliphatic heterocycles. The fourth-order valence-corrected chi connectivity index (χ4v) is 2.03. The molecule has 0 saturated carbocycles. The molecule has 1 heterocycles. The van der Waals surface area contributed by atoms with E-state index < -0.39 is 0 Å². The summed E-state index contributed by atoms with van der Waals surface area (Å²) < 4.78 is 9.04. The number of benzene rings is 1. The quantitative estimate of drug-likeness (QED) is 0.561. The fourth-order valence-electron chi connectivity index (χ4n) is 1.02. The summed E-state index contributed by atoms with van der Waals surface area (Å²) in [6.07, 6.45) is 0. The van der Waals surface area contributed by atoms with E-state index >= 15 is 0 Å². The first-order valence-electron chi connectivity index (χ1n) is 3.33. The second kappa shape index (κ2) is 2.81. The van der Waals surface area contributed by atoms with Gasteiger partial charge in [-0.1, -0.05) is 0 Å². The summed E-state index contributed by atoms with van der Waals surface area (Å²) in [4.78, 5) is 0. The summed E-state index contributed by atoms with van der Waals surface area (Å²) >= 11 is 1.40. The molecule has 3 nitrogen and oxygen atoms in total. The summed E-state index contributed by atoms with van der Waals surface area (Å²) in [7, 11) is 3.06. The molecule has 60 valence electrons. The lowest BCUT2D eigenvalue weighted by molar-refractivity contribution is 1.48. The number of fused-ring (bicyclic) bond motifs is 1. The lowest BCUT2D eigenvalue weighted by Crippen LogP contribution is -1.80. The molecule has 0 unspecified atom stereocenters. The molecule has 0 aliphatic rings. The van der Waals surface area contributed by atoms with Crippen LogP contribution >= 0.6 is 20.6 Å². The highest BCUT2D eigenvalue weighted by Crippen LogP contribution is 2.30. The van der Waals surface area contributed by atoms with Gasteiger partial charge in [-0.2, -0.15) is 4.37 Å². The van der Waals surface area contributed by atoms with Gasteiger partial charge in [0.2, 0.25) is 0 Å². The zero-order valence-corrected chi connectivity index (χ0v) is 7.93. The van der Waals surface area contributed by atoms with Crippen molar-refractivity contribution >= 4 is 42.2 Å². The van der Waals surface area contributed by atoms with Gasteiger partial charge in [0, 0.05) is 11.1 Å². The molecule has 5 heteroatoms. The highest BCUT2D eigenvalue weighted by molar-refractivity contribution is 7.14. The number of hydrogen-bond acceptors (Lipinski definition) is 4. The third-order valence-corrected chi connectivity index (χ3v) is 2.59. The van der Waals surface area contributed by atoms with Crippen molar-refractivity contribution in [3.05, 3.63) is 18.2 Å². The maximum absolute atomic E-state index is 5.61. The van der Waals surface area contributed by atoms with Crippen molar-refractivity contribution in [2.24, 2.45) is 4.74 Å². The molecule has 2 rings (SSSR count). The van der Waals surface area contributed by atoms with Crippen molar-refractivity contribution in [1.29, 1.82) is 0 Å². The molecule has 0 amide bonds. The molecule has 0 fully saturated rings. The van der Waals surface area contributed by atoms with Gasteiger partial charge >= 0.3 is 0 Å². The Bertz CT molecular complexity index is 437. The number of rotatable bonds is 1. The van der Waals surface area contributed by atoms with Crippen molar-refractivity contribution in [2.45, 2.75) is 0 Å². The van der Waals surface area contributed by atoms with Crippen LogP contribution in [0.1, 0.15) is 0 Å². The van der Waals surface area contributed by atoms with Crippen molar-refractivity contribution in [1.82, 2.24) is 4.37 Å². The number of nitrogens with zero attached hydrogens (tertiary/aromatic N) is 2. The van der Waals surface area contributed by atoms with Crippen molar-refractivity contribution in [2.75, 3.05) is 5.73 Å². The van der Waals surface area contributed by atoms with Crippen LogP contribution in [0.25, 0.3) is 10.1 Å². The van der Waals surface area contributed by atoms with Crippen LogP contribution < -0.4 is 5.73 Å². The Morgan fingerprint density at radius 3 is 3.08 bits per heavy atom. The van der Waals surface area contributed by atoms with Gasteiger partial charge in [0.05, 0.1) is 4.70 Å². The van der Waals surface area contributed by atoms with E-state index in [0.29, 0.717) is 5.82 Å². The zero-order chi connectivity index (χ0) is 8.55. The molecule has 0 saturated heterocycles. The van der Waals surface area contributed by atoms with Crippen LogP contribution in [0.4, 0.5) is 11.5 Å². The van der Waals surface area contributed by atoms with Gasteiger partial charge in [0.15, 0.2) is 5.82 Å². The van der Waals surface area contributed by atoms with Crippen LogP contribution in [-0.2, 0) is 0 Å². The molecular formula is C7H6N3PS. The van der Waals surface area contributed by atoms with E-state index in [9.17, 15) is 0 Å². The summed E-state index contributed by atoms with van der Waals surface area (Å²) in [5.74, 6) is 0.715. The second-order valence-electron chi connectivity index (χ2n) is 2.37. The largest absolute Gasteiger partial charge is 0.399 e. The molecule has 12 heavy (non-hydrogen) atoms. The summed E-state index contributed by atoms with van der Waals surface area (Å²) in [5.41, 5.74) is 6.37. The Labute approximate surface area is 75.7 Å². The van der Waals surface area contributed by atoms with Crippen molar-refractivity contribution in [3.8, 4) is 0 Å². The first-order valence-corrected chi connectivity index (χ1v) is 4.55. The lowest BCUT2D eigenvalue weighted by atomic mass is 10.2. The minimum atomic E-state index is 0.715. The first kappa shape index (κ1) is 7.65. The minimum absolute atomic E-state index is 0.715. The third-order valence-electron chi connectivity index (χ3n) is 1.58. The topological polar surface area (TPSA) is 51.3 Å². The van der Waals surface area contributed by atoms with Crippen LogP contribution in [-0.4, -0.2) is 4.37 Å². The van der Waals surface area contributed by atoms with Gasteiger partial charge in [-0.3, -0.25) is 0 Å². The van der Waals surface area contributed by atoms with Crippen molar-refractivity contribution < 1.29 is 0 Å². The minimum Gasteiger partial charge on any atom is -0.399 e. The molecule has 0 bridgehead atoms. The predicted molar refractivity (Wildman–Crippen MR) is 54.4 cm³/mol. The Kier molecular flexibility index (Phi) is 1.79. The highest BCUT2D eigenvalue weighted by Gasteiger charge is 2.03. The summed E-state index contributed by atoms with van der Waals surface area (Å²) in [6, 6.07) is 5.67. The molecule has 0 atom stereocenters. The van der Waals surface area contributed by atoms with E-state index in [1.165, 1.54) is 11.5 Å². The first-order chi connectivity index (χ1) is 5.81. The highest BCUT2D eigenvalue weighted by atomic mass is 32.1. The maximum atomic E-state index is 5.61. The van der Waals surface area contributed by atoms with E-state index in [0.717, 1.165) is 15.8 Å². The van der Waals surface area contributed by atoms with E-state index in [1.807, 2.05) is 18.2 Å². The SMILES string of the molecule is Nc1ccc2c(N=P)nsc2c1. The Morgan fingerprint density at radius 1 is 1.50 bits per heavy atom. The van der Waals surface area contributed by atoms with Gasteiger partial charge < -0.3 is 5.73 Å². The number of hydrogen-bond donors (Lipinski definition) is 1. The van der Waals surface area contributed by atoms with Crippen LogP contribution in [0.3, 0.4) is 0 Å². The molecule has 2 N–H and O–H groups in total. The summed E-state index contributed by atoms with van der Waals surface area (Å²) in [6.45, 7) is 0. The predicted octanol–water partition coefficient (Wildman–Crippen LogP) is 2.84. The van der Waals surface area contributed by atoms with E-state index in [4.69, 9.17) is 5.73 Å². The Hall–Kier alpha value is -0.990. The standard InChI is InChI=1S/C7H6N3PS/c8-4-1-2-5-6(3-4)12-10-7(5)9-11/h1-3,11H,8H2. The molecule has 1 aromatic carbocycles. The third kappa shape index (κ3) is 1.09. The maximum Gasteiger partial charge on any atom is 0.176 e. The van der Waals surface area contributed by atoms with Crippen LogP contribution in [0, 0.1) is 0 Å². The summed E-state index contributed by atoms with van der Waals surface area (Å²) in [5, 5.41) is 1.03. The van der Waals surface area contributed by atoms with Gasteiger partial charge in [-0.25, -0.2) is 4.74 Å². The van der Waals surface area contributed by atoms with E-state index in [1.54, 1.807) is 0 Å². The van der Waals surface area contributed by atoms with Crippen LogP contribution in [0.15, 0.2) is 22.9 Å². The van der Waals surface area contributed by atoms with E-state index in [2.05, 4.69) is 18.2 Å². The second-order valence-corrected chi connectivity index (χ2v) is 3.40. The van der Waals surface area contributed by atoms with Gasteiger partial charge in [-0.05, 0) is 38.8 Å². The Balaban J connectivity index is 2.81. The van der Waals surface area contributed by atoms with Crippen molar-refractivity contribution in [3.63, 3.8) is 0 Å². The van der Waals surface area contributed by atoms with E-state index in [-0.39, 0.29) is 0 Å². The van der Waals surface area contributed by atoms with Crippen LogP contribution in [0.5, 0.6) is 0 Å². The van der Waals surface area contributed by atoms with Gasteiger partial charge in [0.25, 0.3) is 0 Å². The lowest BCUT2D eigenvalue weighted by Gasteiger charge is -1.91. The number of nitrogen functional groups attached to an aromatic ring is 1. The smallest absolute Gasteiger partial charge is 0.176 e. The molecule has 0 spiro atoms. The average molecular weight is 195 g/mol. The van der Waals surface area contributed by atoms with Gasteiger partial charge in [0.1, 0.15) is 0 Å². The molecular weight excluding hydrogens is 189 g/mol. The average Bonchev–Trinajstić information content (AvgIpc) is 2.46. The molecule has 0 radical (unpaired) electrons. The van der Waals surface area contributed by atoms with Crippen LogP contribution in [0.2, 0.25) is 0 Å². The molecule has 2 aromatic rings. The zero-order valence-electron chi connectivity index (χ0n) is 6.11. The number of aromatic nitrogens is 1. The number of nitrogens with two attached hydrogens (primary N) is 1. The fraction of sp³-hybridized carbons (Fsp3) is 0. The monoisotopic (exact) mass is 195 g/mol. The normalized spacial score (nSPS) is 10.3. The van der Waals surface area contributed by atoms with Gasteiger partial charge in [-0.15, -0.1) is 0 Å².